The molecule has 2 aliphatic rings. The first-order chi connectivity index (χ1) is 9.08. The van der Waals surface area contributed by atoms with Crippen LogP contribution in [0.15, 0.2) is 0 Å². The molecule has 1 saturated heterocycles. The third-order valence-corrected chi connectivity index (χ3v) is 4.92. The van der Waals surface area contributed by atoms with Gasteiger partial charge in [-0.1, -0.05) is 6.42 Å². The summed E-state index contributed by atoms with van der Waals surface area (Å²) in [6, 6.07) is 1.16. The Kier molecular flexibility index (Phi) is 5.22. The second kappa shape index (κ2) is 6.71. The predicted octanol–water partition coefficient (Wildman–Crippen LogP) is 1.95. The standard InChI is InChI=1S/C15H28N2O2/c1-11(2)17-8-6-12(7-9-17)14(15(18)19)10-16-13-4-3-5-13/h11-14,16H,3-10H2,1-2H3,(H,18,19). The molecule has 1 heterocycles. The van der Waals surface area contributed by atoms with Gasteiger partial charge in [-0.2, -0.15) is 0 Å². The highest BCUT2D eigenvalue weighted by molar-refractivity contribution is 5.70. The Hall–Kier alpha value is -0.610. The molecule has 1 unspecified atom stereocenters. The van der Waals surface area contributed by atoms with E-state index in [0.29, 0.717) is 24.5 Å². The summed E-state index contributed by atoms with van der Waals surface area (Å²) in [6.07, 6.45) is 5.79. The normalized spacial score (nSPS) is 24.4. The van der Waals surface area contributed by atoms with E-state index in [1.54, 1.807) is 0 Å². The van der Waals surface area contributed by atoms with E-state index < -0.39 is 5.97 Å². The van der Waals surface area contributed by atoms with Crippen LogP contribution in [0.3, 0.4) is 0 Å². The molecule has 110 valence electrons. The number of likely N-dealkylation sites (tertiary alicyclic amines) is 1. The highest BCUT2D eigenvalue weighted by Crippen LogP contribution is 2.27. The molecule has 4 heteroatoms. The monoisotopic (exact) mass is 268 g/mol. The maximum atomic E-state index is 11.5. The molecule has 2 N–H and O–H groups in total. The van der Waals surface area contributed by atoms with E-state index in [1.165, 1.54) is 19.3 Å². The lowest BCUT2D eigenvalue weighted by Gasteiger charge is -2.37. The van der Waals surface area contributed by atoms with Crippen LogP contribution in [-0.2, 0) is 4.79 Å². The van der Waals surface area contributed by atoms with E-state index >= 15 is 0 Å². The largest absolute Gasteiger partial charge is 0.481 e. The zero-order valence-electron chi connectivity index (χ0n) is 12.3. The van der Waals surface area contributed by atoms with E-state index in [4.69, 9.17) is 0 Å². The van der Waals surface area contributed by atoms with Crippen LogP contribution in [-0.4, -0.2) is 47.7 Å². The van der Waals surface area contributed by atoms with Crippen molar-refractivity contribution in [1.29, 1.82) is 0 Å². The summed E-state index contributed by atoms with van der Waals surface area (Å²) >= 11 is 0. The second-order valence-electron chi connectivity index (χ2n) is 6.45. The summed E-state index contributed by atoms with van der Waals surface area (Å²) < 4.78 is 0. The van der Waals surface area contributed by atoms with E-state index in [-0.39, 0.29) is 5.92 Å². The lowest BCUT2D eigenvalue weighted by atomic mass is 9.83. The molecule has 0 amide bonds. The number of piperidine rings is 1. The van der Waals surface area contributed by atoms with E-state index in [9.17, 15) is 9.90 Å². The van der Waals surface area contributed by atoms with Crippen molar-refractivity contribution in [2.24, 2.45) is 11.8 Å². The van der Waals surface area contributed by atoms with Crippen LogP contribution in [0.5, 0.6) is 0 Å². The van der Waals surface area contributed by atoms with Crippen molar-refractivity contribution >= 4 is 5.97 Å². The molecule has 0 radical (unpaired) electrons. The molecule has 1 aliphatic heterocycles. The minimum Gasteiger partial charge on any atom is -0.481 e. The minimum atomic E-state index is -0.616. The molecule has 0 aromatic rings. The average molecular weight is 268 g/mol. The van der Waals surface area contributed by atoms with Crippen molar-refractivity contribution in [2.45, 2.75) is 58.0 Å². The molecule has 0 spiro atoms. The van der Waals surface area contributed by atoms with Crippen molar-refractivity contribution in [2.75, 3.05) is 19.6 Å². The van der Waals surface area contributed by atoms with E-state index in [0.717, 1.165) is 25.9 Å². The Morgan fingerprint density at radius 3 is 2.32 bits per heavy atom. The molecule has 0 aromatic carbocycles. The van der Waals surface area contributed by atoms with Crippen molar-refractivity contribution in [1.82, 2.24) is 10.2 Å². The quantitative estimate of drug-likeness (QED) is 0.773. The lowest BCUT2D eigenvalue weighted by Crippen LogP contribution is -2.46. The fourth-order valence-corrected chi connectivity index (χ4v) is 3.20. The molecule has 1 atom stereocenters. The van der Waals surface area contributed by atoms with Gasteiger partial charge in [0, 0.05) is 18.6 Å². The number of rotatable bonds is 6. The molecule has 1 saturated carbocycles. The van der Waals surface area contributed by atoms with Crippen LogP contribution in [0.25, 0.3) is 0 Å². The van der Waals surface area contributed by atoms with Gasteiger partial charge < -0.3 is 15.3 Å². The smallest absolute Gasteiger partial charge is 0.308 e. The zero-order chi connectivity index (χ0) is 13.8. The van der Waals surface area contributed by atoms with Crippen molar-refractivity contribution in [3.05, 3.63) is 0 Å². The highest BCUT2D eigenvalue weighted by atomic mass is 16.4. The van der Waals surface area contributed by atoms with E-state index in [1.807, 2.05) is 0 Å². The van der Waals surface area contributed by atoms with Gasteiger partial charge in [0.15, 0.2) is 0 Å². The Balaban J connectivity index is 1.80. The van der Waals surface area contributed by atoms with Crippen LogP contribution in [0, 0.1) is 11.8 Å². The number of nitrogens with one attached hydrogen (secondary N) is 1. The Labute approximate surface area is 116 Å². The van der Waals surface area contributed by atoms with Crippen LogP contribution in [0.4, 0.5) is 0 Å². The molecule has 0 bridgehead atoms. The third kappa shape index (κ3) is 3.93. The zero-order valence-corrected chi connectivity index (χ0v) is 12.3. The fraction of sp³-hybridized carbons (Fsp3) is 0.933. The molecule has 2 rings (SSSR count). The number of carboxylic acids is 1. The van der Waals surface area contributed by atoms with Gasteiger partial charge in [0.25, 0.3) is 0 Å². The average Bonchev–Trinajstić information content (AvgIpc) is 2.32. The second-order valence-corrected chi connectivity index (χ2v) is 6.45. The number of carbonyl (C=O) groups is 1. The van der Waals surface area contributed by atoms with Gasteiger partial charge in [-0.3, -0.25) is 4.79 Å². The molecule has 2 fully saturated rings. The summed E-state index contributed by atoms with van der Waals surface area (Å²) in [7, 11) is 0. The molecular formula is C15H28N2O2. The Bertz CT molecular complexity index is 295. The number of hydrogen-bond donors (Lipinski definition) is 2. The van der Waals surface area contributed by atoms with Crippen molar-refractivity contribution in [3.8, 4) is 0 Å². The first kappa shape index (κ1) is 14.8. The highest BCUT2D eigenvalue weighted by Gasteiger charge is 2.32. The van der Waals surface area contributed by atoms with Gasteiger partial charge in [0.2, 0.25) is 0 Å². The summed E-state index contributed by atoms with van der Waals surface area (Å²) in [5, 5.41) is 12.9. The molecule has 4 nitrogen and oxygen atoms in total. The Morgan fingerprint density at radius 1 is 1.26 bits per heavy atom. The minimum absolute atomic E-state index is 0.199. The van der Waals surface area contributed by atoms with Gasteiger partial charge in [0.1, 0.15) is 0 Å². The van der Waals surface area contributed by atoms with Gasteiger partial charge in [-0.15, -0.1) is 0 Å². The fourth-order valence-electron chi connectivity index (χ4n) is 3.20. The third-order valence-electron chi connectivity index (χ3n) is 4.92. The molecule has 1 aliphatic carbocycles. The topological polar surface area (TPSA) is 52.6 Å². The first-order valence-corrected chi connectivity index (χ1v) is 7.78. The van der Waals surface area contributed by atoms with Gasteiger partial charge in [-0.05, 0) is 58.5 Å². The van der Waals surface area contributed by atoms with Gasteiger partial charge >= 0.3 is 5.97 Å². The van der Waals surface area contributed by atoms with Crippen LogP contribution >= 0.6 is 0 Å². The number of hydrogen-bond acceptors (Lipinski definition) is 3. The summed E-state index contributed by atoms with van der Waals surface area (Å²) in [5.41, 5.74) is 0. The van der Waals surface area contributed by atoms with Crippen LogP contribution in [0.1, 0.15) is 46.0 Å². The lowest BCUT2D eigenvalue weighted by molar-refractivity contribution is -0.144. The van der Waals surface area contributed by atoms with Crippen LogP contribution < -0.4 is 5.32 Å². The van der Waals surface area contributed by atoms with Gasteiger partial charge in [0.05, 0.1) is 5.92 Å². The number of carboxylic acid groups (broad SMARTS) is 1. The van der Waals surface area contributed by atoms with Gasteiger partial charge in [-0.25, -0.2) is 0 Å². The van der Waals surface area contributed by atoms with Crippen molar-refractivity contribution < 1.29 is 9.90 Å². The number of nitrogens with zero attached hydrogens (tertiary/aromatic N) is 1. The number of aliphatic carboxylic acids is 1. The maximum absolute atomic E-state index is 11.5. The molecular weight excluding hydrogens is 240 g/mol. The summed E-state index contributed by atoms with van der Waals surface area (Å²) in [4.78, 5) is 13.9. The Morgan fingerprint density at radius 2 is 1.89 bits per heavy atom. The summed E-state index contributed by atoms with van der Waals surface area (Å²) in [6.45, 7) is 7.19. The van der Waals surface area contributed by atoms with E-state index in [2.05, 4.69) is 24.1 Å². The molecule has 19 heavy (non-hydrogen) atoms. The van der Waals surface area contributed by atoms with Crippen LogP contribution in [0.2, 0.25) is 0 Å². The predicted molar refractivity (Wildman–Crippen MR) is 76.2 cm³/mol. The maximum Gasteiger partial charge on any atom is 0.308 e. The SMILES string of the molecule is CC(C)N1CCC(C(CNC2CCC2)C(=O)O)CC1. The van der Waals surface area contributed by atoms with Crippen molar-refractivity contribution in [3.63, 3.8) is 0 Å². The first-order valence-electron chi connectivity index (χ1n) is 7.78. The summed E-state index contributed by atoms with van der Waals surface area (Å²) in [5.74, 6) is -0.468. The molecule has 0 aromatic heterocycles.